The highest BCUT2D eigenvalue weighted by molar-refractivity contribution is 7.59. The van der Waals surface area contributed by atoms with Crippen molar-refractivity contribution in [2.75, 3.05) is 25.8 Å². The minimum atomic E-state index is -4.86. The van der Waals surface area contributed by atoms with Gasteiger partial charge in [0.2, 0.25) is 7.44 Å². The highest BCUT2D eigenvalue weighted by Gasteiger charge is 2.47. The minimum absolute atomic E-state index is 0.0944. The highest BCUT2D eigenvalue weighted by atomic mass is 31.2. The first-order chi connectivity index (χ1) is 19.2. The first-order valence-corrected chi connectivity index (χ1v) is 14.7. The van der Waals surface area contributed by atoms with Gasteiger partial charge in [-0.15, -0.1) is 0 Å². The molecule has 0 unspecified atom stereocenters. The van der Waals surface area contributed by atoms with Gasteiger partial charge >= 0.3 is 12.1 Å². The molecule has 16 heteroatoms. The molecule has 3 rings (SSSR count). The van der Waals surface area contributed by atoms with Crippen molar-refractivity contribution in [1.82, 2.24) is 29.7 Å². The van der Waals surface area contributed by atoms with E-state index in [9.17, 15) is 22.5 Å². The molecule has 0 radical (unpaired) electrons. The molecular weight excluding hydrogens is 566 g/mol. The molecule has 3 aromatic rings. The Morgan fingerprint density at radius 3 is 2.61 bits per heavy atom. The second-order valence-electron chi connectivity index (χ2n) is 9.93. The lowest BCUT2D eigenvalue weighted by molar-refractivity contribution is -0.153. The first kappa shape index (κ1) is 32.3. The molecule has 0 fully saturated rings. The maximum Gasteiger partial charge on any atom is 0.408 e. The van der Waals surface area contributed by atoms with Gasteiger partial charge in [0, 0.05) is 0 Å². The van der Waals surface area contributed by atoms with Gasteiger partial charge in [-0.2, -0.15) is 13.2 Å². The fourth-order valence-electron chi connectivity index (χ4n) is 3.93. The number of esters is 1. The Labute approximate surface area is 235 Å². The minimum Gasteiger partial charge on any atom is -0.497 e. The predicted octanol–water partition coefficient (Wildman–Crippen LogP) is 4.19. The van der Waals surface area contributed by atoms with E-state index >= 15 is 0 Å². The van der Waals surface area contributed by atoms with Gasteiger partial charge in [0.1, 0.15) is 35.5 Å². The molecule has 0 aliphatic rings. The van der Waals surface area contributed by atoms with Crippen LogP contribution in [0, 0.1) is 0 Å². The van der Waals surface area contributed by atoms with Crippen LogP contribution in [0.2, 0.25) is 0 Å². The van der Waals surface area contributed by atoms with Gasteiger partial charge in [-0.25, -0.2) is 25.1 Å². The van der Waals surface area contributed by atoms with Crippen molar-refractivity contribution in [3.05, 3.63) is 42.5 Å². The number of methoxy groups -OCH3 is 1. The Kier molecular flexibility index (Phi) is 10.3. The molecule has 0 aliphatic carbocycles. The number of carbonyl (C=O) groups is 1. The molecular formula is C25H35F3N7O5P. The SMILES string of the molecule is CCCOC(=O)C(C)(C)N[P@](=O)(CO[C@H](C)Cn1cnc2c(N)ncnc21)N[C@H](c1cccc(OC)c1)C(F)(F)F. The van der Waals surface area contributed by atoms with Crippen LogP contribution >= 0.6 is 7.44 Å². The number of anilines is 1. The van der Waals surface area contributed by atoms with Gasteiger partial charge in [-0.3, -0.25) is 9.36 Å². The largest absolute Gasteiger partial charge is 0.497 e. The van der Waals surface area contributed by atoms with Crippen molar-refractivity contribution < 1.29 is 36.7 Å². The third kappa shape index (κ3) is 8.38. The Bertz CT molecular complexity index is 1390. The van der Waals surface area contributed by atoms with Crippen molar-refractivity contribution >= 4 is 30.4 Å². The normalized spacial score (nSPS) is 15.3. The van der Waals surface area contributed by atoms with Gasteiger partial charge in [0.25, 0.3) is 0 Å². The van der Waals surface area contributed by atoms with Crippen molar-refractivity contribution in [3.8, 4) is 5.75 Å². The standard InChI is InChI=1S/C25H35F3N7O5P/c1-6-10-39-23(36)24(3,4)34-41(37,33-20(25(26,27)28)17-8-7-9-18(11-17)38-5)15-40-16(2)12-35-14-32-19-21(29)30-13-31-22(19)35/h7-9,11,13-14,16,20H,6,10,12,15H2,1-5H3,(H2,29,30,31)(H2,33,34,37)/t16-,20-,41+/m1/s1. The van der Waals surface area contributed by atoms with Gasteiger partial charge in [0.05, 0.1) is 32.7 Å². The van der Waals surface area contributed by atoms with E-state index in [2.05, 4.69) is 25.1 Å². The molecule has 2 aromatic heterocycles. The summed E-state index contributed by atoms with van der Waals surface area (Å²) < 4.78 is 74.9. The average Bonchev–Trinajstić information content (AvgIpc) is 3.32. The van der Waals surface area contributed by atoms with Crippen molar-refractivity contribution in [3.63, 3.8) is 0 Å². The zero-order valence-electron chi connectivity index (χ0n) is 23.4. The lowest BCUT2D eigenvalue weighted by Gasteiger charge is -2.34. The van der Waals surface area contributed by atoms with Gasteiger partial charge < -0.3 is 24.5 Å². The van der Waals surface area contributed by atoms with Crippen LogP contribution in [0.25, 0.3) is 11.2 Å². The third-order valence-electron chi connectivity index (χ3n) is 5.92. The summed E-state index contributed by atoms with van der Waals surface area (Å²) in [7, 11) is -3.00. The zero-order valence-corrected chi connectivity index (χ0v) is 24.3. The van der Waals surface area contributed by atoms with E-state index in [-0.39, 0.29) is 30.3 Å². The summed E-state index contributed by atoms with van der Waals surface area (Å²) in [6, 6.07) is 2.93. The number of hydrogen-bond donors (Lipinski definition) is 3. The van der Waals surface area contributed by atoms with Crippen LogP contribution in [-0.2, 0) is 25.4 Å². The van der Waals surface area contributed by atoms with E-state index in [1.807, 2.05) is 0 Å². The van der Waals surface area contributed by atoms with Gasteiger partial charge in [0.15, 0.2) is 11.5 Å². The summed E-state index contributed by atoms with van der Waals surface area (Å²) in [5.74, 6) is -0.402. The Hall–Kier alpha value is -3.26. The molecule has 41 heavy (non-hydrogen) atoms. The van der Waals surface area contributed by atoms with E-state index in [0.717, 1.165) is 0 Å². The summed E-state index contributed by atoms with van der Waals surface area (Å²) in [4.78, 5) is 24.9. The number of nitrogens with one attached hydrogen (secondary N) is 2. The quantitative estimate of drug-likeness (QED) is 0.180. The van der Waals surface area contributed by atoms with E-state index < -0.39 is 43.6 Å². The van der Waals surface area contributed by atoms with Crippen LogP contribution in [0.1, 0.15) is 45.7 Å². The number of nitrogen functional groups attached to an aromatic ring is 1. The molecule has 0 bridgehead atoms. The van der Waals surface area contributed by atoms with Crippen LogP contribution in [0.5, 0.6) is 5.75 Å². The number of nitrogens with zero attached hydrogens (tertiary/aromatic N) is 4. The summed E-state index contributed by atoms with van der Waals surface area (Å²) in [5, 5.41) is 4.82. The van der Waals surface area contributed by atoms with Crippen LogP contribution in [-0.4, -0.2) is 63.4 Å². The molecule has 12 nitrogen and oxygen atoms in total. The molecule has 2 heterocycles. The number of rotatable bonds is 14. The van der Waals surface area contributed by atoms with Crippen LogP contribution in [0.15, 0.2) is 36.9 Å². The number of hydrogen-bond acceptors (Lipinski definition) is 9. The third-order valence-corrected chi connectivity index (χ3v) is 8.03. The van der Waals surface area contributed by atoms with E-state index in [4.69, 9.17) is 19.9 Å². The summed E-state index contributed by atoms with van der Waals surface area (Å²) in [5.41, 5.74) is 4.79. The van der Waals surface area contributed by atoms with Gasteiger partial charge in [-0.1, -0.05) is 19.1 Å². The number of carbonyl (C=O) groups excluding carboxylic acids is 1. The number of fused-ring (bicyclic) bond motifs is 1. The lowest BCUT2D eigenvalue weighted by Crippen LogP contribution is -2.50. The number of halogens is 3. The fourth-order valence-corrected chi connectivity index (χ4v) is 6.31. The highest BCUT2D eigenvalue weighted by Crippen LogP contribution is 2.47. The molecule has 4 N–H and O–H groups in total. The Balaban J connectivity index is 1.89. The number of nitrogens with two attached hydrogens (primary N) is 1. The average molecular weight is 602 g/mol. The number of imidazole rings is 1. The maximum atomic E-state index is 14.3. The monoisotopic (exact) mass is 601 g/mol. The fraction of sp³-hybridized carbons (Fsp3) is 0.520. The second-order valence-corrected chi connectivity index (χ2v) is 12.1. The second kappa shape index (κ2) is 13.1. The van der Waals surface area contributed by atoms with Crippen molar-refractivity contribution in [2.24, 2.45) is 0 Å². The molecule has 1 aromatic carbocycles. The first-order valence-electron chi connectivity index (χ1n) is 12.8. The molecule has 0 aliphatic heterocycles. The molecule has 226 valence electrons. The van der Waals surface area contributed by atoms with Crippen molar-refractivity contribution in [1.29, 1.82) is 0 Å². The van der Waals surface area contributed by atoms with Crippen LogP contribution < -0.4 is 20.6 Å². The summed E-state index contributed by atoms with van der Waals surface area (Å²) in [6.45, 7) is 6.44. The van der Waals surface area contributed by atoms with E-state index in [0.29, 0.717) is 17.6 Å². The lowest BCUT2D eigenvalue weighted by atomic mass is 10.1. The Morgan fingerprint density at radius 1 is 1.22 bits per heavy atom. The predicted molar refractivity (Wildman–Crippen MR) is 146 cm³/mol. The molecule has 0 amide bonds. The molecule has 3 atom stereocenters. The maximum absolute atomic E-state index is 14.3. The van der Waals surface area contributed by atoms with E-state index in [1.165, 1.54) is 57.9 Å². The number of ether oxygens (including phenoxy) is 3. The molecule has 0 saturated carbocycles. The zero-order chi connectivity index (χ0) is 30.4. The number of benzene rings is 1. The number of aromatic nitrogens is 4. The van der Waals surface area contributed by atoms with Gasteiger partial charge in [-0.05, 0) is 44.9 Å². The van der Waals surface area contributed by atoms with E-state index in [1.54, 1.807) is 18.4 Å². The van der Waals surface area contributed by atoms with Crippen LogP contribution in [0.3, 0.4) is 0 Å². The summed E-state index contributed by atoms with van der Waals surface area (Å²) in [6.07, 6.45) is -2.95. The topological polar surface area (TPSA) is 156 Å². The Morgan fingerprint density at radius 2 is 1.95 bits per heavy atom. The summed E-state index contributed by atoms with van der Waals surface area (Å²) >= 11 is 0. The molecule has 0 saturated heterocycles. The number of alkyl halides is 3. The van der Waals surface area contributed by atoms with Crippen molar-refractivity contribution in [2.45, 2.75) is 64.5 Å². The molecule has 0 spiro atoms. The van der Waals surface area contributed by atoms with Crippen LogP contribution in [0.4, 0.5) is 19.0 Å². The smallest absolute Gasteiger partial charge is 0.408 e.